The minimum absolute atomic E-state index is 0.00174. The maximum atomic E-state index is 12.8. The molecule has 0 aromatic heterocycles. The fourth-order valence-corrected chi connectivity index (χ4v) is 8.75. The van der Waals surface area contributed by atoms with Crippen LogP contribution < -0.4 is 20.9 Å². The van der Waals surface area contributed by atoms with Crippen LogP contribution in [-0.4, -0.2) is 69.6 Å². The van der Waals surface area contributed by atoms with Crippen LogP contribution in [0.1, 0.15) is 90.8 Å². The Morgan fingerprint density at radius 1 is 1.00 bits per heavy atom. The highest BCUT2D eigenvalue weighted by atomic mass is 16.5. The second-order valence-electron chi connectivity index (χ2n) is 15.1. The Hall–Kier alpha value is -3.69. The number of methoxy groups -OCH3 is 1. The van der Waals surface area contributed by atoms with Gasteiger partial charge in [0.05, 0.1) is 12.5 Å². The van der Waals surface area contributed by atoms with E-state index in [0.717, 1.165) is 41.0 Å². The quantitative estimate of drug-likeness (QED) is 0.297. The number of fused-ring (bicyclic) bond motifs is 4. The van der Waals surface area contributed by atoms with Gasteiger partial charge < -0.3 is 20.3 Å². The largest absolute Gasteiger partial charge is 0.497 e. The predicted octanol–water partition coefficient (Wildman–Crippen LogP) is 5.51. The van der Waals surface area contributed by atoms with Gasteiger partial charge in [-0.2, -0.15) is 0 Å². The molecule has 5 saturated carbocycles. The van der Waals surface area contributed by atoms with E-state index in [-0.39, 0.29) is 11.8 Å². The number of hydrogen-bond donors (Lipinski definition) is 3. The van der Waals surface area contributed by atoms with Crippen molar-refractivity contribution < 1.29 is 24.3 Å². The average Bonchev–Trinajstić information content (AvgIpc) is 3.97. The number of benzene rings is 2. The van der Waals surface area contributed by atoms with Crippen molar-refractivity contribution in [3.8, 4) is 5.75 Å². The van der Waals surface area contributed by atoms with Crippen LogP contribution in [0.2, 0.25) is 0 Å². The molecule has 0 radical (unpaired) electrons. The number of nitrogens with one attached hydrogen (secondary N) is 1. The molecule has 9 heteroatoms. The van der Waals surface area contributed by atoms with Crippen LogP contribution in [0.25, 0.3) is 11.6 Å². The third kappa shape index (κ3) is 5.97. The number of carbonyl (C=O) groups excluding carboxylic acids is 3. The molecule has 4 N–H and O–H groups in total. The Kier molecular flexibility index (Phi) is 9.00. The topological polar surface area (TPSA) is 125 Å². The lowest BCUT2D eigenvalue weighted by molar-refractivity contribution is -0.143. The number of hydrogen-bond acceptors (Lipinski definition) is 7. The Bertz CT molecular complexity index is 1590. The summed E-state index contributed by atoms with van der Waals surface area (Å²) in [6.45, 7) is 0.443. The van der Waals surface area contributed by atoms with E-state index in [0.29, 0.717) is 47.5 Å². The fraction of sp³-hybridized carbons (Fsp3) is 0.553. The number of nitrogens with zero attached hydrogens (tertiary/aromatic N) is 2. The molecule has 5 unspecified atom stereocenters. The molecule has 5 atom stereocenters. The van der Waals surface area contributed by atoms with E-state index < -0.39 is 11.3 Å². The van der Waals surface area contributed by atoms with Crippen molar-refractivity contribution in [3.05, 3.63) is 58.7 Å². The number of Topliss-reactive ketones (excluding diaryl/α,β-unsaturated/α-hetero) is 1. The zero-order chi connectivity index (χ0) is 33.7. The molecular weight excluding hydrogens is 592 g/mol. The number of hydroxylamine groups is 1. The van der Waals surface area contributed by atoms with Crippen LogP contribution in [0.3, 0.4) is 0 Å². The van der Waals surface area contributed by atoms with Crippen LogP contribution in [-0.2, 0) is 9.59 Å². The van der Waals surface area contributed by atoms with Crippen LogP contribution in [0.4, 0.5) is 5.69 Å². The average molecular weight is 643 g/mol. The molecule has 5 fully saturated rings. The van der Waals surface area contributed by atoms with E-state index in [1.807, 2.05) is 45.2 Å². The minimum atomic E-state index is -0.696. The van der Waals surface area contributed by atoms with Gasteiger partial charge in [0.25, 0.3) is 5.91 Å². The molecule has 2 aromatic rings. The Balaban J connectivity index is 0.000000266. The maximum absolute atomic E-state index is 12.8. The zero-order valence-electron chi connectivity index (χ0n) is 28.5. The van der Waals surface area contributed by atoms with E-state index >= 15 is 0 Å². The highest BCUT2D eigenvalue weighted by Crippen LogP contribution is 2.78. The summed E-state index contributed by atoms with van der Waals surface area (Å²) in [6.07, 6.45) is 12.7. The number of primary amides is 1. The fourth-order valence-electron chi connectivity index (χ4n) is 8.75. The number of nitrogens with two attached hydrogens (primary N) is 1. The normalized spacial score (nSPS) is 30.6. The van der Waals surface area contributed by atoms with E-state index in [9.17, 15) is 19.6 Å². The predicted molar refractivity (Wildman–Crippen MR) is 183 cm³/mol. The summed E-state index contributed by atoms with van der Waals surface area (Å²) in [4.78, 5) is 40.0. The summed E-state index contributed by atoms with van der Waals surface area (Å²) in [7, 11) is 9.61. The Labute approximate surface area is 278 Å². The highest BCUT2D eigenvalue weighted by molar-refractivity contribution is 5.98. The number of ether oxygens (including phenoxy) is 1. The van der Waals surface area contributed by atoms with Gasteiger partial charge in [0.15, 0.2) is 0 Å². The molecule has 9 nitrogen and oxygen atoms in total. The first kappa shape index (κ1) is 33.2. The van der Waals surface area contributed by atoms with Crippen molar-refractivity contribution in [2.45, 2.75) is 63.7 Å². The monoisotopic (exact) mass is 642 g/mol. The summed E-state index contributed by atoms with van der Waals surface area (Å²) in [5.74, 6) is 2.03. The Morgan fingerprint density at radius 3 is 2.26 bits per heavy atom. The molecule has 5 aliphatic carbocycles. The van der Waals surface area contributed by atoms with Crippen molar-refractivity contribution in [1.82, 2.24) is 10.4 Å². The SMILES string of the molecule is CN(C)C.COc1ccc2c(c1)C1CC1(C(N)=O)CN(C)c1cc(C(=O)NO)ccc1/C(C1CCCCC1)=C/2.O=C1C2CCC23CC13. The van der Waals surface area contributed by atoms with Crippen molar-refractivity contribution >= 4 is 34.9 Å². The zero-order valence-corrected chi connectivity index (χ0v) is 28.5. The molecule has 47 heavy (non-hydrogen) atoms. The highest BCUT2D eigenvalue weighted by Gasteiger charge is 2.77. The van der Waals surface area contributed by atoms with Gasteiger partial charge in [-0.15, -0.1) is 0 Å². The molecule has 1 aliphatic heterocycles. The van der Waals surface area contributed by atoms with Gasteiger partial charge in [0.2, 0.25) is 5.91 Å². The summed E-state index contributed by atoms with van der Waals surface area (Å²) >= 11 is 0. The smallest absolute Gasteiger partial charge is 0.274 e. The lowest BCUT2D eigenvalue weighted by Gasteiger charge is -2.44. The van der Waals surface area contributed by atoms with Crippen LogP contribution in [0, 0.1) is 28.6 Å². The first-order chi connectivity index (χ1) is 22.5. The van der Waals surface area contributed by atoms with Gasteiger partial charge in [-0.05, 0) is 112 Å². The van der Waals surface area contributed by atoms with Crippen LogP contribution in [0.5, 0.6) is 5.75 Å². The van der Waals surface area contributed by atoms with Crippen LogP contribution >= 0.6 is 0 Å². The third-order valence-corrected chi connectivity index (χ3v) is 11.6. The minimum Gasteiger partial charge on any atom is -0.497 e. The Morgan fingerprint density at radius 2 is 1.72 bits per heavy atom. The standard InChI is InChI=1S/C28H33N3O4.C7H8O.C3H9N/c1-31-16-28(27(29)33)15-24(28)23-14-20(35-2)10-8-18(23)12-22(17-6-4-3-5-7-17)21-11-9-19(13-25(21)31)26(32)30-34;8-6-4-1-2-7(4)3-5(6)7;1-4(2)3/h8-14,17,24,34H,3-7,15-16H2,1-2H3,(H2,29,33)(H,30,32);4-5H,1-3H2;1-3H3/b22-12+;;. The first-order valence-corrected chi connectivity index (χ1v) is 17.1. The van der Waals surface area contributed by atoms with Crippen molar-refractivity contribution in [1.29, 1.82) is 0 Å². The molecule has 0 bridgehead atoms. The molecular formula is C38H50N4O5. The number of ketones is 1. The van der Waals surface area contributed by atoms with Crippen LogP contribution in [0.15, 0.2) is 36.4 Å². The first-order valence-electron chi connectivity index (χ1n) is 17.1. The summed E-state index contributed by atoms with van der Waals surface area (Å²) in [5.41, 5.74) is 13.4. The lowest BCUT2D eigenvalue weighted by atomic mass is 9.58. The summed E-state index contributed by atoms with van der Waals surface area (Å²) < 4.78 is 5.53. The molecule has 6 aliphatic rings. The van der Waals surface area contributed by atoms with E-state index in [4.69, 9.17) is 10.5 Å². The molecule has 0 saturated heterocycles. The maximum Gasteiger partial charge on any atom is 0.274 e. The number of rotatable bonds is 4. The van der Waals surface area contributed by atoms with Crippen molar-refractivity contribution in [2.24, 2.45) is 34.3 Å². The van der Waals surface area contributed by atoms with Gasteiger partial charge in [0, 0.05) is 48.2 Å². The number of anilines is 1. The van der Waals surface area contributed by atoms with Gasteiger partial charge in [-0.25, -0.2) is 5.48 Å². The van der Waals surface area contributed by atoms with E-state index in [1.165, 1.54) is 44.1 Å². The van der Waals surface area contributed by atoms with E-state index in [2.05, 4.69) is 23.1 Å². The molecule has 2 amide bonds. The number of carbonyl (C=O) groups is 3. The van der Waals surface area contributed by atoms with Gasteiger partial charge >= 0.3 is 0 Å². The number of allylic oxidation sites excluding steroid dienone is 1. The van der Waals surface area contributed by atoms with Crippen molar-refractivity contribution in [3.63, 3.8) is 0 Å². The molecule has 252 valence electrons. The van der Waals surface area contributed by atoms with Gasteiger partial charge in [-0.1, -0.05) is 37.5 Å². The van der Waals surface area contributed by atoms with Gasteiger partial charge in [0.1, 0.15) is 11.5 Å². The number of amides is 2. The second kappa shape index (κ2) is 12.7. The van der Waals surface area contributed by atoms with E-state index in [1.54, 1.807) is 24.7 Å². The molecule has 2 aromatic carbocycles. The van der Waals surface area contributed by atoms with Gasteiger partial charge in [-0.3, -0.25) is 19.6 Å². The second-order valence-corrected chi connectivity index (χ2v) is 15.1. The summed E-state index contributed by atoms with van der Waals surface area (Å²) in [6, 6.07) is 11.6. The summed E-state index contributed by atoms with van der Waals surface area (Å²) in [5, 5.41) is 9.22. The lowest BCUT2D eigenvalue weighted by Crippen LogP contribution is -2.47. The molecule has 8 rings (SSSR count). The molecule has 1 spiro atoms. The third-order valence-electron chi connectivity index (χ3n) is 11.6. The molecule has 1 heterocycles. The van der Waals surface area contributed by atoms with Crippen molar-refractivity contribution in [2.75, 3.05) is 46.7 Å².